The summed E-state index contributed by atoms with van der Waals surface area (Å²) in [7, 11) is -4.07. The molecular weight excluding hydrogens is 460 g/mol. The highest BCUT2D eigenvalue weighted by Crippen LogP contribution is 2.28. The van der Waals surface area contributed by atoms with Crippen molar-refractivity contribution >= 4 is 15.9 Å². The molecule has 2 heterocycles. The Balaban J connectivity index is 1.55. The van der Waals surface area contributed by atoms with Gasteiger partial charge in [0.25, 0.3) is 5.91 Å². The summed E-state index contributed by atoms with van der Waals surface area (Å²) in [6.45, 7) is -0.0287. The molecule has 0 saturated carbocycles. The van der Waals surface area contributed by atoms with Crippen LogP contribution in [0.25, 0.3) is 0 Å². The Morgan fingerprint density at radius 3 is 2.47 bits per heavy atom. The van der Waals surface area contributed by atoms with Gasteiger partial charge in [0.1, 0.15) is 18.4 Å². The lowest BCUT2D eigenvalue weighted by Crippen LogP contribution is -2.52. The van der Waals surface area contributed by atoms with Crippen molar-refractivity contribution < 1.29 is 27.9 Å². The van der Waals surface area contributed by atoms with Gasteiger partial charge in [0, 0.05) is 18.8 Å². The summed E-state index contributed by atoms with van der Waals surface area (Å²) in [4.78, 5) is 26.9. The number of aliphatic hydroxyl groups excluding tert-OH is 1. The predicted molar refractivity (Wildman–Crippen MR) is 121 cm³/mol. The van der Waals surface area contributed by atoms with Crippen LogP contribution < -0.4 is 10.2 Å². The highest BCUT2D eigenvalue weighted by atomic mass is 32.2. The number of hydrogen-bond acceptors (Lipinski definition) is 8. The van der Waals surface area contributed by atoms with E-state index in [4.69, 9.17) is 14.7 Å². The summed E-state index contributed by atoms with van der Waals surface area (Å²) in [5.41, 5.74) is 4.29. The van der Waals surface area contributed by atoms with Gasteiger partial charge in [-0.2, -0.15) is 4.31 Å². The van der Waals surface area contributed by atoms with Crippen molar-refractivity contribution in [3.05, 3.63) is 83.9 Å². The van der Waals surface area contributed by atoms with Gasteiger partial charge >= 0.3 is 0 Å². The van der Waals surface area contributed by atoms with Crippen LogP contribution in [0.15, 0.2) is 71.9 Å². The van der Waals surface area contributed by atoms with Crippen LogP contribution in [0.2, 0.25) is 0 Å². The van der Waals surface area contributed by atoms with Crippen LogP contribution in [0, 0.1) is 0 Å². The fourth-order valence-electron chi connectivity index (χ4n) is 3.56. The van der Waals surface area contributed by atoms with Crippen molar-refractivity contribution in [3.63, 3.8) is 0 Å². The minimum Gasteiger partial charge on any atom is -0.491 e. The van der Waals surface area contributed by atoms with E-state index in [1.807, 2.05) is 30.3 Å². The molecule has 2 N–H and O–H groups in total. The van der Waals surface area contributed by atoms with Gasteiger partial charge in [-0.1, -0.05) is 30.3 Å². The Morgan fingerprint density at radius 1 is 1.06 bits per heavy atom. The lowest BCUT2D eigenvalue weighted by molar-refractivity contribution is -0.139. The van der Waals surface area contributed by atoms with E-state index in [1.54, 1.807) is 0 Å². The number of fused-ring (bicyclic) bond motifs is 1. The first kappa shape index (κ1) is 23.8. The van der Waals surface area contributed by atoms with Gasteiger partial charge in [-0.15, -0.1) is 0 Å². The number of hydrogen-bond donors (Lipinski definition) is 2. The molecule has 0 spiro atoms. The Kier molecular flexibility index (Phi) is 7.48. The molecule has 10 nitrogen and oxygen atoms in total. The van der Waals surface area contributed by atoms with Crippen LogP contribution in [0.5, 0.6) is 5.75 Å². The van der Waals surface area contributed by atoms with Crippen molar-refractivity contribution in [2.24, 2.45) is 0 Å². The second-order valence-corrected chi connectivity index (χ2v) is 9.39. The third kappa shape index (κ3) is 5.39. The van der Waals surface area contributed by atoms with E-state index in [-0.39, 0.29) is 37.7 Å². The van der Waals surface area contributed by atoms with Gasteiger partial charge in [-0.3, -0.25) is 19.6 Å². The average Bonchev–Trinajstić information content (AvgIpc) is 2.87. The van der Waals surface area contributed by atoms with Crippen LogP contribution in [-0.4, -0.2) is 53.0 Å². The summed E-state index contributed by atoms with van der Waals surface area (Å²) >= 11 is 0. The Bertz CT molecular complexity index is 1220. The maximum atomic E-state index is 13.5. The number of aromatic nitrogens is 2. The standard InChI is InChI=1S/C23H24N4O6S/c28-12-13-32-18-6-8-19(9-7-18)34(30,31)27-15-21-20(24-10-11-25-21)14-22(27)23(29)26-33-16-17-4-2-1-3-5-17/h1-11,22,28H,12-16H2,(H,26,29). The van der Waals surface area contributed by atoms with Crippen molar-refractivity contribution in [2.75, 3.05) is 13.2 Å². The number of carbonyl (C=O) groups is 1. The first-order valence-electron chi connectivity index (χ1n) is 10.6. The number of hydroxylamine groups is 1. The van der Waals surface area contributed by atoms with E-state index in [9.17, 15) is 13.2 Å². The zero-order chi connectivity index (χ0) is 24.0. The molecule has 1 aromatic heterocycles. The normalized spacial score (nSPS) is 16.0. The highest BCUT2D eigenvalue weighted by Gasteiger charge is 2.41. The number of amides is 1. The van der Waals surface area contributed by atoms with E-state index in [0.29, 0.717) is 17.1 Å². The third-order valence-electron chi connectivity index (χ3n) is 5.25. The van der Waals surface area contributed by atoms with Crippen molar-refractivity contribution in [1.29, 1.82) is 0 Å². The second kappa shape index (κ2) is 10.7. The van der Waals surface area contributed by atoms with E-state index in [2.05, 4.69) is 15.4 Å². The first-order valence-corrected chi connectivity index (χ1v) is 12.0. The van der Waals surface area contributed by atoms with Gasteiger partial charge in [0.2, 0.25) is 10.0 Å². The summed E-state index contributed by atoms with van der Waals surface area (Å²) < 4.78 is 33.4. The van der Waals surface area contributed by atoms with Crippen LogP contribution in [0.4, 0.5) is 0 Å². The largest absolute Gasteiger partial charge is 0.491 e. The Labute approximate surface area is 197 Å². The molecule has 4 rings (SSSR count). The fourth-order valence-corrected chi connectivity index (χ4v) is 5.10. The molecule has 11 heteroatoms. The molecule has 0 saturated heterocycles. The molecule has 34 heavy (non-hydrogen) atoms. The minimum absolute atomic E-state index is 0.000748. The first-order chi connectivity index (χ1) is 16.5. The van der Waals surface area contributed by atoms with Crippen LogP contribution in [-0.2, 0) is 39.2 Å². The Morgan fingerprint density at radius 2 is 1.76 bits per heavy atom. The fraction of sp³-hybridized carbons (Fsp3) is 0.261. The SMILES string of the molecule is O=C(NOCc1ccccc1)C1Cc2nccnc2CN1S(=O)(=O)c1ccc(OCCO)cc1. The van der Waals surface area contributed by atoms with Gasteiger partial charge in [-0.05, 0) is 29.8 Å². The van der Waals surface area contributed by atoms with E-state index in [1.165, 1.54) is 36.7 Å². The Hall–Kier alpha value is -3.38. The monoisotopic (exact) mass is 484 g/mol. The lowest BCUT2D eigenvalue weighted by atomic mass is 10.0. The van der Waals surface area contributed by atoms with Crippen LogP contribution in [0.3, 0.4) is 0 Å². The van der Waals surface area contributed by atoms with Crippen LogP contribution >= 0.6 is 0 Å². The smallest absolute Gasteiger partial charge is 0.262 e. The van der Waals surface area contributed by atoms with Gasteiger partial charge in [0.05, 0.1) is 36.0 Å². The number of rotatable bonds is 9. The topological polar surface area (TPSA) is 131 Å². The van der Waals surface area contributed by atoms with Crippen molar-refractivity contribution in [2.45, 2.75) is 30.5 Å². The lowest BCUT2D eigenvalue weighted by Gasteiger charge is -2.33. The molecule has 178 valence electrons. The zero-order valence-corrected chi connectivity index (χ0v) is 19.0. The summed E-state index contributed by atoms with van der Waals surface area (Å²) in [6, 6.07) is 14.0. The van der Waals surface area contributed by atoms with Crippen LogP contribution in [0.1, 0.15) is 17.0 Å². The maximum Gasteiger partial charge on any atom is 0.262 e. The molecule has 1 atom stereocenters. The van der Waals surface area contributed by atoms with E-state index in [0.717, 1.165) is 9.87 Å². The quantitative estimate of drug-likeness (QED) is 0.434. The third-order valence-corrected chi connectivity index (χ3v) is 7.12. The van der Waals surface area contributed by atoms with E-state index < -0.39 is 22.0 Å². The highest BCUT2D eigenvalue weighted by molar-refractivity contribution is 7.89. The molecular formula is C23H24N4O6S. The molecule has 1 aliphatic rings. The van der Waals surface area contributed by atoms with Crippen molar-refractivity contribution in [3.8, 4) is 5.75 Å². The number of aliphatic hydroxyl groups is 1. The van der Waals surface area contributed by atoms with E-state index >= 15 is 0 Å². The average molecular weight is 485 g/mol. The van der Waals surface area contributed by atoms with Gasteiger partial charge < -0.3 is 9.84 Å². The molecule has 0 fully saturated rings. The molecule has 0 radical (unpaired) electrons. The number of nitrogens with zero attached hydrogens (tertiary/aromatic N) is 3. The number of benzene rings is 2. The van der Waals surface area contributed by atoms with Crippen molar-refractivity contribution in [1.82, 2.24) is 19.8 Å². The molecule has 1 aliphatic heterocycles. The van der Waals surface area contributed by atoms with Gasteiger partial charge in [-0.25, -0.2) is 13.9 Å². The summed E-state index contributed by atoms with van der Waals surface area (Å²) in [5.74, 6) is -0.176. The number of nitrogens with one attached hydrogen (secondary N) is 1. The molecule has 2 aromatic carbocycles. The molecule has 3 aromatic rings. The van der Waals surface area contributed by atoms with Gasteiger partial charge in [0.15, 0.2) is 0 Å². The number of ether oxygens (including phenoxy) is 1. The number of sulfonamides is 1. The molecule has 1 amide bonds. The second-order valence-electron chi connectivity index (χ2n) is 7.50. The predicted octanol–water partition coefficient (Wildman–Crippen LogP) is 1.21. The number of carbonyl (C=O) groups excluding carboxylic acids is 1. The minimum atomic E-state index is -4.07. The molecule has 0 bridgehead atoms. The molecule has 0 aliphatic carbocycles. The maximum absolute atomic E-state index is 13.5. The summed E-state index contributed by atoms with van der Waals surface area (Å²) in [6.07, 6.45) is 3.05. The molecule has 1 unspecified atom stereocenters. The summed E-state index contributed by atoms with van der Waals surface area (Å²) in [5, 5.41) is 8.88. The zero-order valence-electron chi connectivity index (χ0n) is 18.2.